The van der Waals surface area contributed by atoms with E-state index in [1.807, 2.05) is 36.4 Å². The number of benzene rings is 3. The van der Waals surface area contributed by atoms with E-state index in [-0.39, 0.29) is 5.97 Å². The van der Waals surface area contributed by atoms with Crippen molar-refractivity contribution in [3.63, 3.8) is 0 Å². The molecule has 0 aromatic heterocycles. The summed E-state index contributed by atoms with van der Waals surface area (Å²) in [7, 11) is 1.35. The average molecular weight is 464 g/mol. The second kappa shape index (κ2) is 10.3. The van der Waals surface area contributed by atoms with Crippen molar-refractivity contribution in [3.05, 3.63) is 92.4 Å². The van der Waals surface area contributed by atoms with Crippen molar-refractivity contribution in [3.8, 4) is 5.75 Å². The molecule has 8 heteroatoms. The number of carbonyl (C=O) groups is 1. The number of hydrogen-bond acceptors (Lipinski definition) is 5. The molecule has 3 rings (SSSR count). The number of nitrogens with zero attached hydrogens (tertiary/aromatic N) is 1. The molecule has 3 aromatic carbocycles. The first-order chi connectivity index (χ1) is 14.5. The highest BCUT2D eigenvalue weighted by atomic mass is 35.5. The molecule has 0 spiro atoms. The van der Waals surface area contributed by atoms with Gasteiger partial charge in [-0.05, 0) is 59.7 Å². The van der Waals surface area contributed by atoms with Gasteiger partial charge in [-0.3, -0.25) is 5.43 Å². The van der Waals surface area contributed by atoms with E-state index < -0.39 is 0 Å². The fourth-order valence-electron chi connectivity index (χ4n) is 2.49. The number of esters is 1. The van der Waals surface area contributed by atoms with Crippen LogP contribution in [0.25, 0.3) is 0 Å². The first-order valence-electron chi connectivity index (χ1n) is 8.80. The standard InChI is InChI=1S/C22H17Cl3N2O3/c1-29-22(28)16-6-2-15(3-7-16)13-30-18-8-4-14(5-9-18)12-26-27-21-19(24)10-17(23)11-20(21)25/h2-12,27H,13H2,1H3. The third-order valence-electron chi connectivity index (χ3n) is 4.06. The van der Waals surface area contributed by atoms with E-state index in [4.69, 9.17) is 39.5 Å². The summed E-state index contributed by atoms with van der Waals surface area (Å²) >= 11 is 18.1. The molecule has 0 aliphatic carbocycles. The maximum atomic E-state index is 11.5. The lowest BCUT2D eigenvalue weighted by Crippen LogP contribution is -2.02. The van der Waals surface area contributed by atoms with Crippen LogP contribution in [0.15, 0.2) is 65.8 Å². The van der Waals surface area contributed by atoms with Gasteiger partial charge in [0, 0.05) is 5.02 Å². The SMILES string of the molecule is COC(=O)c1ccc(COc2ccc(C=NNc3c(Cl)cc(Cl)cc3Cl)cc2)cc1. The molecule has 0 radical (unpaired) electrons. The number of nitrogens with one attached hydrogen (secondary N) is 1. The number of halogens is 3. The van der Waals surface area contributed by atoms with Gasteiger partial charge in [0.1, 0.15) is 12.4 Å². The molecule has 0 aliphatic rings. The Morgan fingerprint density at radius 2 is 1.63 bits per heavy atom. The van der Waals surface area contributed by atoms with Crippen LogP contribution in [0.5, 0.6) is 5.75 Å². The minimum Gasteiger partial charge on any atom is -0.489 e. The molecule has 3 aromatic rings. The predicted octanol–water partition coefficient (Wildman–Crippen LogP) is 6.46. The van der Waals surface area contributed by atoms with Gasteiger partial charge in [-0.25, -0.2) is 4.79 Å². The van der Waals surface area contributed by atoms with Gasteiger partial charge >= 0.3 is 5.97 Å². The lowest BCUT2D eigenvalue weighted by Gasteiger charge is -2.08. The molecule has 0 fully saturated rings. The van der Waals surface area contributed by atoms with Gasteiger partial charge in [-0.1, -0.05) is 46.9 Å². The van der Waals surface area contributed by atoms with E-state index >= 15 is 0 Å². The van der Waals surface area contributed by atoms with Crippen LogP contribution in [0.3, 0.4) is 0 Å². The molecule has 0 saturated heterocycles. The van der Waals surface area contributed by atoms with Gasteiger partial charge in [0.25, 0.3) is 0 Å². The smallest absolute Gasteiger partial charge is 0.337 e. The zero-order chi connectivity index (χ0) is 21.5. The maximum absolute atomic E-state index is 11.5. The predicted molar refractivity (Wildman–Crippen MR) is 121 cm³/mol. The third-order valence-corrected chi connectivity index (χ3v) is 4.87. The van der Waals surface area contributed by atoms with Gasteiger partial charge < -0.3 is 9.47 Å². The van der Waals surface area contributed by atoms with Crippen molar-refractivity contribution in [1.82, 2.24) is 0 Å². The number of hydrogen-bond donors (Lipinski definition) is 1. The zero-order valence-electron chi connectivity index (χ0n) is 15.9. The van der Waals surface area contributed by atoms with Crippen molar-refractivity contribution in [2.75, 3.05) is 12.5 Å². The number of hydrazone groups is 1. The molecule has 0 heterocycles. The van der Waals surface area contributed by atoms with E-state index in [0.29, 0.717) is 38.7 Å². The van der Waals surface area contributed by atoms with E-state index in [1.165, 1.54) is 7.11 Å². The molecule has 1 N–H and O–H groups in total. The monoisotopic (exact) mass is 462 g/mol. The topological polar surface area (TPSA) is 59.9 Å². The summed E-state index contributed by atoms with van der Waals surface area (Å²) in [4.78, 5) is 11.5. The van der Waals surface area contributed by atoms with Crippen molar-refractivity contribution in [2.24, 2.45) is 5.10 Å². The van der Waals surface area contributed by atoms with Gasteiger partial charge in [0.05, 0.1) is 34.6 Å². The highest BCUT2D eigenvalue weighted by Crippen LogP contribution is 2.33. The molecule has 0 atom stereocenters. The molecule has 0 unspecified atom stereocenters. The molecule has 30 heavy (non-hydrogen) atoms. The van der Waals surface area contributed by atoms with Gasteiger partial charge in [0.2, 0.25) is 0 Å². The summed E-state index contributed by atoms with van der Waals surface area (Å²) in [6.45, 7) is 0.379. The Balaban J connectivity index is 1.55. The maximum Gasteiger partial charge on any atom is 0.337 e. The molecule has 5 nitrogen and oxygen atoms in total. The Bertz CT molecular complexity index is 1030. The molecule has 0 saturated carbocycles. The van der Waals surface area contributed by atoms with Crippen LogP contribution in [0.2, 0.25) is 15.1 Å². The first-order valence-corrected chi connectivity index (χ1v) is 9.93. The Morgan fingerprint density at radius 3 is 2.23 bits per heavy atom. The molecular weight excluding hydrogens is 447 g/mol. The zero-order valence-corrected chi connectivity index (χ0v) is 18.1. The van der Waals surface area contributed by atoms with Gasteiger partial charge in [-0.2, -0.15) is 5.10 Å². The number of ether oxygens (including phenoxy) is 2. The van der Waals surface area contributed by atoms with Crippen LogP contribution in [-0.2, 0) is 11.3 Å². The molecule has 0 aliphatic heterocycles. The van der Waals surface area contributed by atoms with Crippen molar-refractivity contribution in [2.45, 2.75) is 6.61 Å². The minimum absolute atomic E-state index is 0.366. The number of anilines is 1. The lowest BCUT2D eigenvalue weighted by molar-refractivity contribution is 0.0600. The highest BCUT2D eigenvalue weighted by Gasteiger charge is 2.07. The lowest BCUT2D eigenvalue weighted by atomic mass is 10.1. The van der Waals surface area contributed by atoms with Crippen LogP contribution < -0.4 is 10.2 Å². The fourth-order valence-corrected chi connectivity index (χ4v) is 3.39. The fraction of sp³-hybridized carbons (Fsp3) is 0.0909. The van der Waals surface area contributed by atoms with Crippen LogP contribution in [-0.4, -0.2) is 19.3 Å². The summed E-state index contributed by atoms with van der Waals surface area (Å²) in [5.41, 5.74) is 5.60. The summed E-state index contributed by atoms with van der Waals surface area (Å²) in [5, 5.41) is 5.37. The van der Waals surface area contributed by atoms with E-state index in [1.54, 1.807) is 30.5 Å². The van der Waals surface area contributed by atoms with Crippen molar-refractivity contribution < 1.29 is 14.3 Å². The van der Waals surface area contributed by atoms with E-state index in [0.717, 1.165) is 11.1 Å². The number of rotatable bonds is 7. The van der Waals surface area contributed by atoms with Crippen molar-refractivity contribution in [1.29, 1.82) is 0 Å². The van der Waals surface area contributed by atoms with Gasteiger partial charge in [-0.15, -0.1) is 0 Å². The van der Waals surface area contributed by atoms with Crippen molar-refractivity contribution >= 4 is 52.7 Å². The Kier molecular flexibility index (Phi) is 7.57. The molecule has 154 valence electrons. The molecule has 0 bridgehead atoms. The second-order valence-electron chi connectivity index (χ2n) is 6.16. The summed E-state index contributed by atoms with van der Waals surface area (Å²) in [6.07, 6.45) is 1.64. The Morgan fingerprint density at radius 1 is 1.00 bits per heavy atom. The summed E-state index contributed by atoms with van der Waals surface area (Å²) in [5.74, 6) is 0.343. The number of carbonyl (C=O) groups excluding carboxylic acids is 1. The van der Waals surface area contributed by atoms with Gasteiger partial charge in [0.15, 0.2) is 0 Å². The normalized spacial score (nSPS) is 10.8. The van der Waals surface area contributed by atoms with Crippen LogP contribution in [0.1, 0.15) is 21.5 Å². The quantitative estimate of drug-likeness (QED) is 0.248. The highest BCUT2D eigenvalue weighted by molar-refractivity contribution is 6.41. The Labute approximate surface area is 189 Å². The average Bonchev–Trinajstić information content (AvgIpc) is 2.74. The third kappa shape index (κ3) is 5.89. The van der Waals surface area contributed by atoms with Crippen LogP contribution in [0, 0.1) is 0 Å². The van der Waals surface area contributed by atoms with E-state index in [2.05, 4.69) is 15.3 Å². The Hall–Kier alpha value is -2.73. The minimum atomic E-state index is -0.366. The second-order valence-corrected chi connectivity index (χ2v) is 7.41. The number of methoxy groups -OCH3 is 1. The van der Waals surface area contributed by atoms with Crippen LogP contribution in [0.4, 0.5) is 5.69 Å². The summed E-state index contributed by atoms with van der Waals surface area (Å²) < 4.78 is 10.4. The summed E-state index contributed by atoms with van der Waals surface area (Å²) in [6, 6.07) is 17.6. The molecular formula is C22H17Cl3N2O3. The molecule has 0 amide bonds. The van der Waals surface area contributed by atoms with Crippen LogP contribution >= 0.6 is 34.8 Å². The first kappa shape index (κ1) is 22.0. The largest absolute Gasteiger partial charge is 0.489 e. The van der Waals surface area contributed by atoms with E-state index in [9.17, 15) is 4.79 Å².